The van der Waals surface area contributed by atoms with E-state index in [9.17, 15) is 4.79 Å². The highest BCUT2D eigenvalue weighted by atomic mass is 16.5. The third-order valence-electron chi connectivity index (χ3n) is 4.31. The second kappa shape index (κ2) is 6.94. The first-order valence-corrected chi connectivity index (χ1v) is 7.67. The van der Waals surface area contributed by atoms with E-state index in [4.69, 9.17) is 4.74 Å². The lowest BCUT2D eigenvalue weighted by Crippen LogP contribution is -2.44. The van der Waals surface area contributed by atoms with Crippen LogP contribution < -0.4 is 10.1 Å². The van der Waals surface area contributed by atoms with E-state index in [0.717, 1.165) is 30.7 Å². The first-order valence-electron chi connectivity index (χ1n) is 7.67. The van der Waals surface area contributed by atoms with Crippen molar-refractivity contribution in [2.24, 2.45) is 5.92 Å². The van der Waals surface area contributed by atoms with Crippen LogP contribution in [-0.4, -0.2) is 38.1 Å². The number of benzene rings is 1. The van der Waals surface area contributed by atoms with Crippen molar-refractivity contribution >= 4 is 5.91 Å². The Bertz CT molecular complexity index is 502. The molecule has 2 rings (SSSR count). The second-order valence-corrected chi connectivity index (χ2v) is 5.91. The van der Waals surface area contributed by atoms with Crippen LogP contribution in [0.25, 0.3) is 0 Å². The van der Waals surface area contributed by atoms with Gasteiger partial charge < -0.3 is 15.0 Å². The van der Waals surface area contributed by atoms with Crippen LogP contribution in [0.5, 0.6) is 5.75 Å². The molecular formula is C17H26N2O2. The van der Waals surface area contributed by atoms with E-state index in [1.165, 1.54) is 5.56 Å². The van der Waals surface area contributed by atoms with Crippen molar-refractivity contribution in [3.05, 3.63) is 29.3 Å². The standard InChI is InChI=1S/C17H26N2O2/c1-12-7-8-16(21-4)14(10-12)15(18-3)11-19-9-5-6-13(2)17(19)20/h7-8,10,13,15,18H,5-6,9,11H2,1-4H3. The van der Waals surface area contributed by atoms with Gasteiger partial charge in [-0.3, -0.25) is 4.79 Å². The Morgan fingerprint density at radius 3 is 2.90 bits per heavy atom. The van der Waals surface area contributed by atoms with Gasteiger partial charge in [-0.15, -0.1) is 0 Å². The molecule has 1 aliphatic heterocycles. The molecule has 1 amide bonds. The summed E-state index contributed by atoms with van der Waals surface area (Å²) in [6.45, 7) is 5.65. The van der Waals surface area contributed by atoms with E-state index in [-0.39, 0.29) is 17.9 Å². The number of aryl methyl sites for hydroxylation is 1. The molecule has 1 N–H and O–H groups in total. The molecule has 4 heteroatoms. The summed E-state index contributed by atoms with van der Waals surface area (Å²) in [6, 6.07) is 6.27. The Morgan fingerprint density at radius 1 is 1.48 bits per heavy atom. The van der Waals surface area contributed by atoms with Crippen molar-refractivity contribution in [3.63, 3.8) is 0 Å². The summed E-state index contributed by atoms with van der Waals surface area (Å²) < 4.78 is 5.48. The molecule has 116 valence electrons. The van der Waals surface area contributed by atoms with Gasteiger partial charge in [-0.25, -0.2) is 0 Å². The average Bonchev–Trinajstić information content (AvgIpc) is 2.49. The van der Waals surface area contributed by atoms with Gasteiger partial charge in [0.05, 0.1) is 13.2 Å². The lowest BCUT2D eigenvalue weighted by molar-refractivity contribution is -0.138. The molecule has 2 atom stereocenters. The van der Waals surface area contributed by atoms with Crippen LogP contribution in [0, 0.1) is 12.8 Å². The fraction of sp³-hybridized carbons (Fsp3) is 0.588. The third-order valence-corrected chi connectivity index (χ3v) is 4.31. The molecule has 0 aromatic heterocycles. The van der Waals surface area contributed by atoms with Crippen LogP contribution in [0.4, 0.5) is 0 Å². The number of likely N-dealkylation sites (N-methyl/N-ethyl adjacent to an activating group) is 1. The highest BCUT2D eigenvalue weighted by Crippen LogP contribution is 2.28. The fourth-order valence-electron chi connectivity index (χ4n) is 3.01. The SMILES string of the molecule is CNC(CN1CCCC(C)C1=O)c1cc(C)ccc1OC. The van der Waals surface area contributed by atoms with Crippen molar-refractivity contribution in [2.75, 3.05) is 27.2 Å². The van der Waals surface area contributed by atoms with Crippen molar-refractivity contribution in [3.8, 4) is 5.75 Å². The van der Waals surface area contributed by atoms with Crippen LogP contribution >= 0.6 is 0 Å². The van der Waals surface area contributed by atoms with Crippen LogP contribution in [0.1, 0.15) is 36.9 Å². The van der Waals surface area contributed by atoms with Crippen LogP contribution in [0.2, 0.25) is 0 Å². The maximum Gasteiger partial charge on any atom is 0.225 e. The van der Waals surface area contributed by atoms with Gasteiger partial charge in [0.1, 0.15) is 5.75 Å². The molecule has 0 aliphatic carbocycles. The van der Waals surface area contributed by atoms with E-state index < -0.39 is 0 Å². The topological polar surface area (TPSA) is 41.6 Å². The number of hydrogen-bond acceptors (Lipinski definition) is 3. The maximum absolute atomic E-state index is 12.3. The molecule has 1 saturated heterocycles. The molecule has 0 radical (unpaired) electrons. The Hall–Kier alpha value is -1.55. The molecular weight excluding hydrogens is 264 g/mol. The predicted molar refractivity (Wildman–Crippen MR) is 84.5 cm³/mol. The molecule has 1 aliphatic rings. The molecule has 0 bridgehead atoms. The fourth-order valence-corrected chi connectivity index (χ4v) is 3.01. The number of likely N-dealkylation sites (tertiary alicyclic amines) is 1. The molecule has 4 nitrogen and oxygen atoms in total. The molecule has 0 saturated carbocycles. The summed E-state index contributed by atoms with van der Waals surface area (Å²) in [5.41, 5.74) is 2.32. The van der Waals surface area contributed by atoms with Gasteiger partial charge in [0, 0.05) is 24.6 Å². The Labute approximate surface area is 127 Å². The minimum atomic E-state index is 0.0918. The maximum atomic E-state index is 12.3. The number of nitrogens with one attached hydrogen (secondary N) is 1. The lowest BCUT2D eigenvalue weighted by Gasteiger charge is -2.34. The van der Waals surface area contributed by atoms with Gasteiger partial charge in [0.15, 0.2) is 0 Å². The summed E-state index contributed by atoms with van der Waals surface area (Å²) in [4.78, 5) is 14.3. The van der Waals surface area contributed by atoms with E-state index in [1.54, 1.807) is 7.11 Å². The van der Waals surface area contributed by atoms with E-state index in [0.29, 0.717) is 6.54 Å². The average molecular weight is 290 g/mol. The monoisotopic (exact) mass is 290 g/mol. The molecule has 1 aromatic rings. The number of carbonyl (C=O) groups is 1. The number of rotatable bonds is 5. The number of carbonyl (C=O) groups excluding carboxylic acids is 1. The van der Waals surface area contributed by atoms with Crippen LogP contribution in [0.15, 0.2) is 18.2 Å². The quantitative estimate of drug-likeness (QED) is 0.906. The zero-order valence-electron chi connectivity index (χ0n) is 13.5. The number of ether oxygens (including phenoxy) is 1. The zero-order chi connectivity index (χ0) is 15.4. The van der Waals surface area contributed by atoms with Gasteiger partial charge in [-0.2, -0.15) is 0 Å². The number of piperidine rings is 1. The van der Waals surface area contributed by atoms with Gasteiger partial charge in [0.25, 0.3) is 0 Å². The van der Waals surface area contributed by atoms with Gasteiger partial charge in [0.2, 0.25) is 5.91 Å². The van der Waals surface area contributed by atoms with Gasteiger partial charge in [-0.1, -0.05) is 24.6 Å². The first-order chi connectivity index (χ1) is 10.1. The summed E-state index contributed by atoms with van der Waals surface area (Å²) in [6.07, 6.45) is 2.10. The minimum Gasteiger partial charge on any atom is -0.496 e. The predicted octanol–water partition coefficient (Wildman–Crippen LogP) is 2.52. The van der Waals surface area contributed by atoms with Gasteiger partial charge >= 0.3 is 0 Å². The van der Waals surface area contributed by atoms with Gasteiger partial charge in [-0.05, 0) is 32.9 Å². The zero-order valence-corrected chi connectivity index (χ0v) is 13.5. The second-order valence-electron chi connectivity index (χ2n) is 5.91. The largest absolute Gasteiger partial charge is 0.496 e. The van der Waals surface area contributed by atoms with Crippen molar-refractivity contribution < 1.29 is 9.53 Å². The first kappa shape index (κ1) is 15.8. The molecule has 0 spiro atoms. The Morgan fingerprint density at radius 2 is 2.24 bits per heavy atom. The summed E-state index contributed by atoms with van der Waals surface area (Å²) >= 11 is 0. The molecule has 2 unspecified atom stereocenters. The molecule has 1 aromatic carbocycles. The summed E-state index contributed by atoms with van der Waals surface area (Å²) in [5, 5.41) is 3.33. The molecule has 1 heterocycles. The Kier molecular flexibility index (Phi) is 5.23. The number of methoxy groups -OCH3 is 1. The normalized spacial score (nSPS) is 20.5. The number of hydrogen-bond donors (Lipinski definition) is 1. The van der Waals surface area contributed by atoms with Crippen molar-refractivity contribution in [2.45, 2.75) is 32.7 Å². The smallest absolute Gasteiger partial charge is 0.225 e. The van der Waals surface area contributed by atoms with E-state index in [1.807, 2.05) is 31.0 Å². The van der Waals surface area contributed by atoms with Crippen LogP contribution in [-0.2, 0) is 4.79 Å². The summed E-state index contributed by atoms with van der Waals surface area (Å²) in [5.74, 6) is 1.29. The van der Waals surface area contributed by atoms with E-state index in [2.05, 4.69) is 18.3 Å². The lowest BCUT2D eigenvalue weighted by atomic mass is 9.97. The molecule has 21 heavy (non-hydrogen) atoms. The van der Waals surface area contributed by atoms with Crippen LogP contribution in [0.3, 0.4) is 0 Å². The summed E-state index contributed by atoms with van der Waals surface area (Å²) in [7, 11) is 3.62. The third kappa shape index (κ3) is 3.56. The number of nitrogens with zero attached hydrogens (tertiary/aromatic N) is 1. The highest BCUT2D eigenvalue weighted by Gasteiger charge is 2.28. The Balaban J connectivity index is 2.20. The highest BCUT2D eigenvalue weighted by molar-refractivity contribution is 5.79. The molecule has 1 fully saturated rings. The number of amides is 1. The minimum absolute atomic E-state index is 0.0918. The van der Waals surface area contributed by atoms with Crippen molar-refractivity contribution in [1.82, 2.24) is 10.2 Å². The van der Waals surface area contributed by atoms with E-state index >= 15 is 0 Å². The van der Waals surface area contributed by atoms with Crippen molar-refractivity contribution in [1.29, 1.82) is 0 Å².